The van der Waals surface area contributed by atoms with Crippen molar-refractivity contribution in [1.29, 1.82) is 0 Å². The van der Waals surface area contributed by atoms with Crippen molar-refractivity contribution >= 4 is 0 Å². The lowest BCUT2D eigenvalue weighted by molar-refractivity contribution is 0.0100. The van der Waals surface area contributed by atoms with Crippen LogP contribution < -0.4 is 10.1 Å². The summed E-state index contributed by atoms with van der Waals surface area (Å²) >= 11 is 0. The van der Waals surface area contributed by atoms with E-state index < -0.39 is 0 Å². The molecule has 0 aromatic heterocycles. The van der Waals surface area contributed by atoms with Gasteiger partial charge < -0.3 is 24.3 Å². The second-order valence-electron chi connectivity index (χ2n) is 4.79. The van der Waals surface area contributed by atoms with E-state index >= 15 is 0 Å². The fraction of sp³-hybridized carbons (Fsp3) is 0.474. The molecule has 0 aliphatic heterocycles. The summed E-state index contributed by atoms with van der Waals surface area (Å²) in [7, 11) is 1.90. The second kappa shape index (κ2) is 14.7. The van der Waals surface area contributed by atoms with Gasteiger partial charge in [-0.2, -0.15) is 0 Å². The van der Waals surface area contributed by atoms with Crippen LogP contribution in [0.25, 0.3) is 0 Å². The Labute approximate surface area is 144 Å². The Morgan fingerprint density at radius 1 is 0.917 bits per heavy atom. The van der Waals surface area contributed by atoms with Gasteiger partial charge in [-0.3, -0.25) is 0 Å². The molecule has 5 nitrogen and oxygen atoms in total. The summed E-state index contributed by atoms with van der Waals surface area (Å²) in [4.78, 5) is 0. The molecule has 0 amide bonds. The first-order chi connectivity index (χ1) is 11.9. The van der Waals surface area contributed by atoms with Crippen LogP contribution in [0.2, 0.25) is 0 Å². The highest BCUT2D eigenvalue weighted by atomic mass is 16.6. The highest BCUT2D eigenvalue weighted by molar-refractivity contribution is 5.39. The van der Waals surface area contributed by atoms with Crippen LogP contribution in [0.15, 0.2) is 36.9 Å². The van der Waals surface area contributed by atoms with E-state index in [1.54, 1.807) is 6.08 Å². The maximum atomic E-state index is 5.59. The number of allylic oxidation sites excluding steroid dienone is 1. The van der Waals surface area contributed by atoms with Crippen molar-refractivity contribution in [3.8, 4) is 17.6 Å². The van der Waals surface area contributed by atoms with Crippen LogP contribution in [0.3, 0.4) is 0 Å². The summed E-state index contributed by atoms with van der Waals surface area (Å²) in [6.45, 7) is 8.46. The zero-order valence-corrected chi connectivity index (χ0v) is 14.4. The third-order valence-electron chi connectivity index (χ3n) is 2.91. The molecule has 0 atom stereocenters. The fourth-order valence-corrected chi connectivity index (χ4v) is 1.70. The highest BCUT2D eigenvalue weighted by Crippen LogP contribution is 2.11. The van der Waals surface area contributed by atoms with Gasteiger partial charge in [0.05, 0.1) is 39.6 Å². The predicted octanol–water partition coefficient (Wildman–Crippen LogP) is 1.87. The largest absolute Gasteiger partial charge is 0.491 e. The number of hydrogen-bond acceptors (Lipinski definition) is 5. The van der Waals surface area contributed by atoms with E-state index in [2.05, 4.69) is 23.7 Å². The Hall–Kier alpha value is -1.84. The molecule has 0 radical (unpaired) electrons. The monoisotopic (exact) mass is 333 g/mol. The standard InChI is InChI=1S/C19H27NO4/c1-3-4-5-18-6-8-19(9-7-18)24-17-16-23-15-14-22-13-12-21-11-10-20-2/h3,6-9,20H,1,10-17H2,2H3. The first-order valence-corrected chi connectivity index (χ1v) is 8.10. The number of rotatable bonds is 13. The van der Waals surface area contributed by atoms with Crippen LogP contribution in [-0.4, -0.2) is 59.8 Å². The van der Waals surface area contributed by atoms with Gasteiger partial charge in [-0.25, -0.2) is 0 Å². The minimum absolute atomic E-state index is 0.505. The normalized spacial score (nSPS) is 10.0. The van der Waals surface area contributed by atoms with Crippen LogP contribution >= 0.6 is 0 Å². The topological polar surface area (TPSA) is 49.0 Å². The van der Waals surface area contributed by atoms with E-state index in [9.17, 15) is 0 Å². The first kappa shape index (κ1) is 20.2. The van der Waals surface area contributed by atoms with Crippen molar-refractivity contribution in [3.05, 3.63) is 42.5 Å². The first-order valence-electron chi connectivity index (χ1n) is 8.10. The van der Waals surface area contributed by atoms with E-state index in [0.717, 1.165) is 17.9 Å². The Morgan fingerprint density at radius 2 is 1.50 bits per heavy atom. The van der Waals surface area contributed by atoms with Gasteiger partial charge in [0.15, 0.2) is 0 Å². The highest BCUT2D eigenvalue weighted by Gasteiger charge is 1.95. The fourth-order valence-electron chi connectivity index (χ4n) is 1.70. The van der Waals surface area contributed by atoms with Gasteiger partial charge in [-0.1, -0.05) is 18.4 Å². The molecule has 0 bridgehead atoms. The SMILES string of the molecule is C=CC#Cc1ccc(OCCOCCOCCOCCNC)cc1. The lowest BCUT2D eigenvalue weighted by Gasteiger charge is -2.08. The van der Waals surface area contributed by atoms with E-state index in [1.165, 1.54) is 0 Å². The van der Waals surface area contributed by atoms with Crippen molar-refractivity contribution < 1.29 is 18.9 Å². The Balaban J connectivity index is 1.94. The number of likely N-dealkylation sites (N-methyl/N-ethyl adjacent to an activating group) is 1. The number of hydrogen-bond donors (Lipinski definition) is 1. The molecular formula is C19H27NO4. The zero-order valence-electron chi connectivity index (χ0n) is 14.4. The van der Waals surface area contributed by atoms with Gasteiger partial charge >= 0.3 is 0 Å². The molecule has 0 spiro atoms. The lowest BCUT2D eigenvalue weighted by Crippen LogP contribution is -2.17. The summed E-state index contributed by atoms with van der Waals surface area (Å²) in [5.41, 5.74) is 0.936. The minimum Gasteiger partial charge on any atom is -0.491 e. The molecule has 0 fully saturated rings. The van der Waals surface area contributed by atoms with E-state index in [-0.39, 0.29) is 0 Å². The van der Waals surface area contributed by atoms with E-state index in [4.69, 9.17) is 18.9 Å². The van der Waals surface area contributed by atoms with Gasteiger partial charge in [-0.05, 0) is 37.4 Å². The Kier molecular flexibility index (Phi) is 12.4. The molecule has 132 valence electrons. The maximum absolute atomic E-state index is 5.59. The molecular weight excluding hydrogens is 306 g/mol. The Morgan fingerprint density at radius 3 is 2.08 bits per heavy atom. The van der Waals surface area contributed by atoms with Crippen LogP contribution in [0.4, 0.5) is 0 Å². The summed E-state index contributed by atoms with van der Waals surface area (Å²) < 4.78 is 21.8. The second-order valence-corrected chi connectivity index (χ2v) is 4.79. The third-order valence-corrected chi connectivity index (χ3v) is 2.91. The van der Waals surface area contributed by atoms with Crippen molar-refractivity contribution in [2.45, 2.75) is 0 Å². The number of nitrogens with one attached hydrogen (secondary N) is 1. The molecule has 0 aliphatic rings. The van der Waals surface area contributed by atoms with Crippen LogP contribution in [-0.2, 0) is 14.2 Å². The van der Waals surface area contributed by atoms with Gasteiger partial charge in [0, 0.05) is 12.1 Å². The van der Waals surface area contributed by atoms with E-state index in [0.29, 0.717) is 46.2 Å². The van der Waals surface area contributed by atoms with Crippen LogP contribution in [0.1, 0.15) is 5.56 Å². The average Bonchev–Trinajstić information content (AvgIpc) is 2.62. The summed E-state index contributed by atoms with van der Waals surface area (Å²) in [5, 5.41) is 3.01. The quantitative estimate of drug-likeness (QED) is 0.441. The minimum atomic E-state index is 0.505. The van der Waals surface area contributed by atoms with Crippen molar-refractivity contribution in [3.63, 3.8) is 0 Å². The maximum Gasteiger partial charge on any atom is 0.119 e. The van der Waals surface area contributed by atoms with Gasteiger partial charge in [0.25, 0.3) is 0 Å². The molecule has 0 saturated heterocycles. The number of ether oxygens (including phenoxy) is 4. The van der Waals surface area contributed by atoms with Gasteiger partial charge in [-0.15, -0.1) is 0 Å². The van der Waals surface area contributed by atoms with Crippen molar-refractivity contribution in [1.82, 2.24) is 5.32 Å². The van der Waals surface area contributed by atoms with Crippen molar-refractivity contribution in [2.75, 3.05) is 59.8 Å². The van der Waals surface area contributed by atoms with Crippen molar-refractivity contribution in [2.24, 2.45) is 0 Å². The molecule has 1 aromatic carbocycles. The molecule has 0 heterocycles. The average molecular weight is 333 g/mol. The molecule has 0 unspecified atom stereocenters. The molecule has 1 aromatic rings. The molecule has 0 aliphatic carbocycles. The summed E-state index contributed by atoms with van der Waals surface area (Å²) in [6, 6.07) is 7.62. The summed E-state index contributed by atoms with van der Waals surface area (Å²) in [6.07, 6.45) is 1.57. The summed E-state index contributed by atoms with van der Waals surface area (Å²) in [5.74, 6) is 6.57. The Bertz CT molecular complexity index is 490. The van der Waals surface area contributed by atoms with E-state index in [1.807, 2.05) is 31.3 Å². The molecule has 1 N–H and O–H groups in total. The molecule has 1 rings (SSSR count). The predicted molar refractivity (Wildman–Crippen MR) is 95.4 cm³/mol. The van der Waals surface area contributed by atoms with Crippen LogP contribution in [0, 0.1) is 11.8 Å². The lowest BCUT2D eigenvalue weighted by atomic mass is 10.2. The van der Waals surface area contributed by atoms with Crippen LogP contribution in [0.5, 0.6) is 5.75 Å². The van der Waals surface area contributed by atoms with Gasteiger partial charge in [0.2, 0.25) is 0 Å². The van der Waals surface area contributed by atoms with Gasteiger partial charge in [0.1, 0.15) is 12.4 Å². The number of benzene rings is 1. The molecule has 24 heavy (non-hydrogen) atoms. The molecule has 5 heteroatoms. The molecule has 0 saturated carbocycles. The zero-order chi connectivity index (χ0) is 17.3. The third kappa shape index (κ3) is 10.8. The smallest absolute Gasteiger partial charge is 0.119 e.